The molecule has 3 saturated heterocycles. The average Bonchev–Trinajstić information content (AvgIpc) is 3.61. The van der Waals surface area contributed by atoms with Crippen molar-refractivity contribution in [2.24, 2.45) is 17.8 Å². The second kappa shape index (κ2) is 14.6. The number of unbranched alkanes of at least 4 members (excludes halogenated alkanes) is 1. The molecule has 10 heteroatoms. The summed E-state index contributed by atoms with van der Waals surface area (Å²) < 4.78 is 12.4. The Kier molecular flexibility index (Phi) is 11.3. The molecule has 1 N–H and O–H groups in total. The van der Waals surface area contributed by atoms with E-state index in [9.17, 15) is 19.5 Å². The number of hydrogen-bond donors (Lipinski definition) is 1. The number of fused-ring (bicyclic) bond motifs is 1. The zero-order chi connectivity index (χ0) is 32.2. The molecular weight excluding hydrogens is 626 g/mol. The highest BCUT2D eigenvalue weighted by molar-refractivity contribution is 9.09. The van der Waals surface area contributed by atoms with Crippen molar-refractivity contribution in [3.05, 3.63) is 49.6 Å². The van der Waals surface area contributed by atoms with E-state index in [2.05, 4.69) is 36.0 Å². The second-order valence-electron chi connectivity index (χ2n) is 12.1. The van der Waals surface area contributed by atoms with Gasteiger partial charge in [-0.05, 0) is 49.9 Å². The molecule has 242 valence electrons. The molecule has 3 amide bonds. The van der Waals surface area contributed by atoms with Gasteiger partial charge in [0.15, 0.2) is 0 Å². The number of hydrogen-bond acceptors (Lipinski definition) is 6. The summed E-state index contributed by atoms with van der Waals surface area (Å²) in [5, 5.41) is 10.6. The van der Waals surface area contributed by atoms with E-state index in [1.165, 1.54) is 0 Å². The normalized spacial score (nSPS) is 28.4. The van der Waals surface area contributed by atoms with Crippen LogP contribution >= 0.6 is 15.9 Å². The smallest absolute Gasteiger partial charge is 0.248 e. The Balaban J connectivity index is 1.81. The number of carbonyl (C=O) groups excluding carboxylic acids is 3. The molecule has 0 radical (unpaired) electrons. The number of nitrogens with zero attached hydrogens (tertiary/aromatic N) is 3. The predicted molar refractivity (Wildman–Crippen MR) is 175 cm³/mol. The fraction of sp³-hybridized carbons (Fsp3) is 0.618. The molecular formula is C34H48BrN3O6. The van der Waals surface area contributed by atoms with Gasteiger partial charge in [-0.3, -0.25) is 14.4 Å². The number of benzene rings is 1. The van der Waals surface area contributed by atoms with Crippen LogP contribution < -0.4 is 9.64 Å². The van der Waals surface area contributed by atoms with E-state index in [0.29, 0.717) is 44.0 Å². The van der Waals surface area contributed by atoms with Gasteiger partial charge in [0, 0.05) is 30.1 Å². The Bertz CT molecular complexity index is 1210. The summed E-state index contributed by atoms with van der Waals surface area (Å²) in [6.07, 6.45) is 5.57. The minimum atomic E-state index is -1.21. The van der Waals surface area contributed by atoms with Crippen LogP contribution in [0.2, 0.25) is 0 Å². The van der Waals surface area contributed by atoms with Gasteiger partial charge in [-0.2, -0.15) is 0 Å². The molecule has 8 atom stereocenters. The first-order valence-electron chi connectivity index (χ1n) is 15.9. The van der Waals surface area contributed by atoms with Gasteiger partial charge in [-0.25, -0.2) is 0 Å². The Labute approximate surface area is 270 Å². The highest BCUT2D eigenvalue weighted by Gasteiger charge is 2.77. The van der Waals surface area contributed by atoms with Crippen molar-refractivity contribution in [2.75, 3.05) is 37.7 Å². The first-order valence-corrected chi connectivity index (χ1v) is 16.9. The van der Waals surface area contributed by atoms with Crippen molar-refractivity contribution in [3.8, 4) is 5.75 Å². The zero-order valence-electron chi connectivity index (χ0n) is 26.5. The number of likely N-dealkylation sites (tertiary alicyclic amines) is 1. The van der Waals surface area contributed by atoms with Crippen molar-refractivity contribution in [3.63, 3.8) is 0 Å². The molecule has 4 rings (SSSR count). The van der Waals surface area contributed by atoms with Crippen LogP contribution in [0.4, 0.5) is 5.69 Å². The van der Waals surface area contributed by atoms with E-state index in [1.54, 1.807) is 26.9 Å². The maximum Gasteiger partial charge on any atom is 0.248 e. The van der Waals surface area contributed by atoms with Gasteiger partial charge in [0.1, 0.15) is 17.4 Å². The molecule has 9 nitrogen and oxygen atoms in total. The molecule has 44 heavy (non-hydrogen) atoms. The molecule has 1 aromatic carbocycles. The summed E-state index contributed by atoms with van der Waals surface area (Å²) >= 11 is 3.78. The van der Waals surface area contributed by atoms with Gasteiger partial charge in [-0.1, -0.05) is 61.7 Å². The van der Waals surface area contributed by atoms with Crippen molar-refractivity contribution in [2.45, 2.75) is 82.0 Å². The molecule has 1 aromatic rings. The Morgan fingerprint density at radius 3 is 2.43 bits per heavy atom. The first-order chi connectivity index (χ1) is 21.1. The summed E-state index contributed by atoms with van der Waals surface area (Å²) in [5.74, 6) is -1.86. The van der Waals surface area contributed by atoms with Crippen LogP contribution in [0.3, 0.4) is 0 Å². The number of anilines is 1. The second-order valence-corrected chi connectivity index (χ2v) is 13.3. The van der Waals surface area contributed by atoms with Crippen LogP contribution in [-0.4, -0.2) is 94.1 Å². The number of rotatable bonds is 16. The van der Waals surface area contributed by atoms with E-state index in [-0.39, 0.29) is 41.6 Å². The van der Waals surface area contributed by atoms with E-state index in [0.717, 1.165) is 12.8 Å². The topological polar surface area (TPSA) is 99.6 Å². The van der Waals surface area contributed by atoms with E-state index in [4.69, 9.17) is 9.47 Å². The van der Waals surface area contributed by atoms with Crippen molar-refractivity contribution in [1.82, 2.24) is 9.80 Å². The molecule has 3 unspecified atom stereocenters. The van der Waals surface area contributed by atoms with Crippen LogP contribution in [0.25, 0.3) is 0 Å². The lowest BCUT2D eigenvalue weighted by Crippen LogP contribution is -2.60. The number of alkyl halides is 1. The Morgan fingerprint density at radius 2 is 1.86 bits per heavy atom. The van der Waals surface area contributed by atoms with Gasteiger partial charge in [0.2, 0.25) is 17.7 Å². The molecule has 1 spiro atoms. The summed E-state index contributed by atoms with van der Waals surface area (Å²) in [7, 11) is 0. The van der Waals surface area contributed by atoms with Gasteiger partial charge in [0.05, 0.1) is 37.2 Å². The SMILES string of the molecule is C=CCN(CCCC)C(=O)C1N([C@@H](CO)[C@@H](C)CC)C(=O)[C@@H]2[C@@H](C(=O)N(CC=C)c3ccc(OCC)cc3)[C@@H]3OC12CC3Br. The van der Waals surface area contributed by atoms with Gasteiger partial charge >= 0.3 is 0 Å². The standard InChI is InChI=1S/C34H48BrN3O6/c1-7-12-19-36(17-8-2)33(42)30-34-20-25(35)29(44-34)27(28(34)32(41)38(30)26(21-39)22(6)10-4)31(40)37(18-9-3)23-13-15-24(16-14-23)43-11-5/h8-9,13-16,22,25-30,39H,2-3,7,10-12,17-21H2,1,4-6H3/t22-,25?,26-,27+,28-,29+,30?,34?/m0/s1. The average molecular weight is 675 g/mol. The van der Waals surface area contributed by atoms with Gasteiger partial charge < -0.3 is 29.3 Å². The van der Waals surface area contributed by atoms with E-state index < -0.39 is 35.6 Å². The Hall–Kier alpha value is -2.69. The predicted octanol–water partition coefficient (Wildman–Crippen LogP) is 4.57. The van der Waals surface area contributed by atoms with Crippen LogP contribution in [0.1, 0.15) is 53.4 Å². The lowest BCUT2D eigenvalue weighted by atomic mass is 9.70. The largest absolute Gasteiger partial charge is 0.494 e. The minimum Gasteiger partial charge on any atom is -0.494 e. The lowest BCUT2D eigenvalue weighted by molar-refractivity contribution is -0.152. The maximum atomic E-state index is 14.7. The van der Waals surface area contributed by atoms with Crippen LogP contribution in [0, 0.1) is 17.8 Å². The molecule has 0 saturated carbocycles. The molecule has 0 aliphatic carbocycles. The molecule has 0 aromatic heterocycles. The van der Waals surface area contributed by atoms with E-state index >= 15 is 0 Å². The first kappa shape index (κ1) is 34.2. The van der Waals surface area contributed by atoms with Crippen molar-refractivity contribution in [1.29, 1.82) is 0 Å². The monoisotopic (exact) mass is 673 g/mol. The van der Waals surface area contributed by atoms with Crippen LogP contribution in [0.5, 0.6) is 5.75 Å². The summed E-state index contributed by atoms with van der Waals surface area (Å²) in [6.45, 7) is 17.0. The maximum absolute atomic E-state index is 14.7. The molecule has 3 aliphatic heterocycles. The third-order valence-electron chi connectivity index (χ3n) is 9.57. The highest BCUT2D eigenvalue weighted by atomic mass is 79.9. The quantitative estimate of drug-likeness (QED) is 0.204. The Morgan fingerprint density at radius 1 is 1.18 bits per heavy atom. The summed E-state index contributed by atoms with van der Waals surface area (Å²) in [5.41, 5.74) is -0.556. The summed E-state index contributed by atoms with van der Waals surface area (Å²) in [6, 6.07) is 5.71. The summed E-state index contributed by atoms with van der Waals surface area (Å²) in [4.78, 5) is 48.5. The fourth-order valence-corrected chi connectivity index (χ4v) is 8.23. The van der Waals surface area contributed by atoms with Crippen molar-refractivity contribution < 1.29 is 29.0 Å². The fourth-order valence-electron chi connectivity index (χ4n) is 7.29. The third kappa shape index (κ3) is 5.97. The number of ether oxygens (including phenoxy) is 2. The van der Waals surface area contributed by atoms with E-state index in [1.807, 2.05) is 45.0 Å². The van der Waals surface area contributed by atoms with Crippen LogP contribution in [-0.2, 0) is 19.1 Å². The number of halogens is 1. The number of aliphatic hydroxyl groups excluding tert-OH is 1. The van der Waals surface area contributed by atoms with Gasteiger partial charge in [0.25, 0.3) is 0 Å². The molecule has 3 aliphatic rings. The zero-order valence-corrected chi connectivity index (χ0v) is 28.1. The van der Waals surface area contributed by atoms with Gasteiger partial charge in [-0.15, -0.1) is 13.2 Å². The lowest BCUT2D eigenvalue weighted by Gasteiger charge is -2.41. The number of aliphatic hydroxyl groups is 1. The molecule has 3 heterocycles. The molecule has 2 bridgehead atoms. The number of carbonyl (C=O) groups is 3. The highest BCUT2D eigenvalue weighted by Crippen LogP contribution is 2.61. The third-order valence-corrected chi connectivity index (χ3v) is 10.4. The minimum absolute atomic E-state index is 0.0785. The van der Waals surface area contributed by atoms with Crippen LogP contribution in [0.15, 0.2) is 49.6 Å². The molecule has 3 fully saturated rings. The van der Waals surface area contributed by atoms with Crippen molar-refractivity contribution >= 4 is 39.3 Å². The number of amides is 3.